The van der Waals surface area contributed by atoms with Gasteiger partial charge in [0.15, 0.2) is 5.76 Å². The third-order valence-corrected chi connectivity index (χ3v) is 6.28. The molecule has 6 nitrogen and oxygen atoms in total. The molecule has 0 saturated heterocycles. The summed E-state index contributed by atoms with van der Waals surface area (Å²) < 4.78 is 14.4. The van der Waals surface area contributed by atoms with Crippen molar-refractivity contribution < 1.29 is 14.3 Å². The SMILES string of the molecule is CCn1cc(/C=C2\Oc3c(ccc4c3CN(Cc3ccncc3)CO4)C2=O)c2ccccc21. The molecule has 0 bridgehead atoms. The first kappa shape index (κ1) is 19.8. The highest BCUT2D eigenvalue weighted by atomic mass is 16.5. The highest BCUT2D eigenvalue weighted by Gasteiger charge is 2.33. The Morgan fingerprint density at radius 2 is 1.94 bits per heavy atom. The van der Waals surface area contributed by atoms with Crippen molar-refractivity contribution in [2.24, 2.45) is 0 Å². The van der Waals surface area contributed by atoms with Gasteiger partial charge in [-0.2, -0.15) is 0 Å². The second-order valence-corrected chi connectivity index (χ2v) is 8.36. The second kappa shape index (κ2) is 7.90. The average Bonchev–Trinajstić information content (AvgIpc) is 3.37. The van der Waals surface area contributed by atoms with E-state index in [0.29, 0.717) is 30.3 Å². The molecule has 2 aromatic carbocycles. The molecule has 2 aromatic heterocycles. The largest absolute Gasteiger partial charge is 0.478 e. The summed E-state index contributed by atoms with van der Waals surface area (Å²) in [6.07, 6.45) is 7.52. The maximum absolute atomic E-state index is 13.2. The molecule has 0 unspecified atom stereocenters. The molecule has 0 fully saturated rings. The van der Waals surface area contributed by atoms with Crippen LogP contribution in [0.5, 0.6) is 11.5 Å². The number of pyridine rings is 1. The van der Waals surface area contributed by atoms with E-state index in [-0.39, 0.29) is 5.78 Å². The number of Topliss-reactive ketones (excluding diaryl/α,β-unsaturated/α-hetero) is 1. The van der Waals surface area contributed by atoms with Gasteiger partial charge in [0.25, 0.3) is 0 Å². The molecule has 2 aliphatic heterocycles. The first-order chi connectivity index (χ1) is 16.2. The van der Waals surface area contributed by atoms with Crippen LogP contribution in [0.15, 0.2) is 72.9 Å². The van der Waals surface area contributed by atoms with Crippen LogP contribution in [-0.2, 0) is 19.6 Å². The zero-order valence-electron chi connectivity index (χ0n) is 18.3. The molecule has 6 rings (SSSR count). The van der Waals surface area contributed by atoms with Gasteiger partial charge in [0, 0.05) is 54.7 Å². The van der Waals surface area contributed by atoms with Gasteiger partial charge in [-0.1, -0.05) is 18.2 Å². The van der Waals surface area contributed by atoms with Crippen LogP contribution in [0, 0.1) is 0 Å². The number of aromatic nitrogens is 2. The number of para-hydroxylation sites is 1. The van der Waals surface area contributed by atoms with Crippen molar-refractivity contribution in [3.63, 3.8) is 0 Å². The maximum Gasteiger partial charge on any atom is 0.231 e. The number of ketones is 1. The van der Waals surface area contributed by atoms with Crippen LogP contribution in [0.25, 0.3) is 17.0 Å². The third-order valence-electron chi connectivity index (χ3n) is 6.28. The molecule has 0 aliphatic carbocycles. The number of carbonyl (C=O) groups excluding carboxylic acids is 1. The Labute approximate surface area is 191 Å². The fraction of sp³-hybridized carbons (Fsp3) is 0.185. The topological polar surface area (TPSA) is 56.6 Å². The number of hydrogen-bond acceptors (Lipinski definition) is 5. The second-order valence-electron chi connectivity index (χ2n) is 8.36. The van der Waals surface area contributed by atoms with Gasteiger partial charge in [-0.15, -0.1) is 0 Å². The van der Waals surface area contributed by atoms with Gasteiger partial charge in [-0.25, -0.2) is 0 Å². The quantitative estimate of drug-likeness (QED) is 0.420. The van der Waals surface area contributed by atoms with Gasteiger partial charge in [0.05, 0.1) is 11.1 Å². The zero-order valence-corrected chi connectivity index (χ0v) is 18.3. The van der Waals surface area contributed by atoms with Crippen molar-refractivity contribution >= 4 is 22.8 Å². The van der Waals surface area contributed by atoms with Gasteiger partial charge in [0.2, 0.25) is 5.78 Å². The van der Waals surface area contributed by atoms with E-state index in [0.717, 1.165) is 46.4 Å². The third kappa shape index (κ3) is 3.39. The monoisotopic (exact) mass is 437 g/mol. The molecule has 0 radical (unpaired) electrons. The Morgan fingerprint density at radius 3 is 2.79 bits per heavy atom. The zero-order chi connectivity index (χ0) is 22.4. The van der Waals surface area contributed by atoms with E-state index >= 15 is 0 Å². The summed E-state index contributed by atoms with van der Waals surface area (Å²) in [5.74, 6) is 1.65. The minimum atomic E-state index is -0.0904. The lowest BCUT2D eigenvalue weighted by Gasteiger charge is -2.29. The lowest BCUT2D eigenvalue weighted by Crippen LogP contribution is -2.31. The molecule has 0 saturated carbocycles. The van der Waals surface area contributed by atoms with Crippen molar-refractivity contribution in [1.82, 2.24) is 14.5 Å². The number of benzene rings is 2. The summed E-state index contributed by atoms with van der Waals surface area (Å²) >= 11 is 0. The predicted octanol–water partition coefficient (Wildman–Crippen LogP) is 5.02. The fourth-order valence-electron chi connectivity index (χ4n) is 4.65. The lowest BCUT2D eigenvalue weighted by atomic mass is 10.0. The van der Waals surface area contributed by atoms with Crippen molar-refractivity contribution in [3.05, 3.63) is 95.1 Å². The number of rotatable bonds is 4. The molecular weight excluding hydrogens is 414 g/mol. The number of nitrogens with zero attached hydrogens (tertiary/aromatic N) is 3. The molecule has 0 atom stereocenters. The van der Waals surface area contributed by atoms with Crippen LogP contribution in [-0.4, -0.2) is 27.0 Å². The minimum absolute atomic E-state index is 0.0904. The highest BCUT2D eigenvalue weighted by molar-refractivity contribution is 6.15. The van der Waals surface area contributed by atoms with Gasteiger partial charge in [0.1, 0.15) is 18.2 Å². The Morgan fingerprint density at radius 1 is 1.09 bits per heavy atom. The molecule has 6 heteroatoms. The van der Waals surface area contributed by atoms with Crippen LogP contribution in [0.3, 0.4) is 0 Å². The molecule has 0 spiro atoms. The number of allylic oxidation sites excluding steroid dienone is 1. The molecule has 33 heavy (non-hydrogen) atoms. The van der Waals surface area contributed by atoms with Crippen LogP contribution < -0.4 is 9.47 Å². The summed E-state index contributed by atoms with van der Waals surface area (Å²) in [6, 6.07) is 15.9. The van der Waals surface area contributed by atoms with Gasteiger partial charge in [-0.3, -0.25) is 14.7 Å². The number of ether oxygens (including phenoxy) is 2. The number of hydrogen-bond donors (Lipinski definition) is 0. The van der Waals surface area contributed by atoms with Crippen molar-refractivity contribution in [2.45, 2.75) is 26.6 Å². The number of carbonyl (C=O) groups is 1. The van der Waals surface area contributed by atoms with E-state index in [4.69, 9.17) is 9.47 Å². The Bertz CT molecular complexity index is 1410. The molecule has 2 aliphatic rings. The van der Waals surface area contributed by atoms with E-state index in [1.165, 1.54) is 0 Å². The van der Waals surface area contributed by atoms with E-state index in [1.54, 1.807) is 12.4 Å². The summed E-state index contributed by atoms with van der Waals surface area (Å²) in [4.78, 5) is 19.5. The van der Waals surface area contributed by atoms with Crippen molar-refractivity contribution in [2.75, 3.05) is 6.73 Å². The first-order valence-electron chi connectivity index (χ1n) is 11.1. The average molecular weight is 437 g/mol. The molecule has 0 amide bonds. The highest BCUT2D eigenvalue weighted by Crippen LogP contribution is 2.42. The van der Waals surface area contributed by atoms with Crippen LogP contribution in [0.2, 0.25) is 0 Å². The molecule has 4 heterocycles. The van der Waals surface area contributed by atoms with Crippen molar-refractivity contribution in [3.8, 4) is 11.5 Å². The Balaban J connectivity index is 1.33. The minimum Gasteiger partial charge on any atom is -0.478 e. The lowest BCUT2D eigenvalue weighted by molar-refractivity contribution is 0.0872. The van der Waals surface area contributed by atoms with Gasteiger partial charge < -0.3 is 14.0 Å². The van der Waals surface area contributed by atoms with E-state index < -0.39 is 0 Å². The maximum atomic E-state index is 13.2. The molecular formula is C27H23N3O3. The Hall–Kier alpha value is -3.90. The van der Waals surface area contributed by atoms with Crippen molar-refractivity contribution in [1.29, 1.82) is 0 Å². The standard InChI is InChI=1S/C27H23N3O3/c1-2-30-15-19(20-5-3-4-6-23(20)30)13-25-26(31)21-7-8-24-22(27(21)33-25)16-29(17-32-24)14-18-9-11-28-12-10-18/h3-13,15H,2,14,16-17H2,1H3/b25-13-. The fourth-order valence-corrected chi connectivity index (χ4v) is 4.65. The smallest absolute Gasteiger partial charge is 0.231 e. The predicted molar refractivity (Wildman–Crippen MR) is 126 cm³/mol. The Kier molecular flexibility index (Phi) is 4.73. The summed E-state index contributed by atoms with van der Waals surface area (Å²) in [7, 11) is 0. The first-order valence-corrected chi connectivity index (χ1v) is 11.1. The van der Waals surface area contributed by atoms with Crippen LogP contribution in [0.1, 0.15) is 34.0 Å². The summed E-state index contributed by atoms with van der Waals surface area (Å²) in [5.41, 5.74) is 4.80. The van der Waals surface area contributed by atoms with Gasteiger partial charge in [-0.05, 0) is 48.9 Å². The van der Waals surface area contributed by atoms with Crippen LogP contribution >= 0.6 is 0 Å². The van der Waals surface area contributed by atoms with E-state index in [9.17, 15) is 4.79 Å². The van der Waals surface area contributed by atoms with E-state index in [1.807, 2.05) is 42.5 Å². The normalized spacial score (nSPS) is 16.5. The van der Waals surface area contributed by atoms with Crippen LogP contribution in [0.4, 0.5) is 0 Å². The van der Waals surface area contributed by atoms with E-state index in [2.05, 4.69) is 39.7 Å². The van der Waals surface area contributed by atoms with Gasteiger partial charge >= 0.3 is 0 Å². The number of aryl methyl sites for hydroxylation is 1. The summed E-state index contributed by atoms with van der Waals surface area (Å²) in [6.45, 7) is 4.84. The molecule has 164 valence electrons. The molecule has 0 N–H and O–H groups in total. The number of fused-ring (bicyclic) bond motifs is 4. The summed E-state index contributed by atoms with van der Waals surface area (Å²) in [5, 5.41) is 1.10. The molecule has 4 aromatic rings.